The van der Waals surface area contributed by atoms with E-state index in [0.29, 0.717) is 10.7 Å². The van der Waals surface area contributed by atoms with Crippen molar-refractivity contribution in [3.63, 3.8) is 0 Å². The summed E-state index contributed by atoms with van der Waals surface area (Å²) < 4.78 is 0. The Morgan fingerprint density at radius 3 is 2.74 bits per heavy atom. The monoisotopic (exact) mass is 294 g/mol. The Hall–Kier alpha value is -1.52. The number of carbonyl (C=O) groups is 1. The molecule has 0 spiro atoms. The number of hydrogen-bond acceptors (Lipinski definition) is 3. The maximum atomic E-state index is 11.1. The number of rotatable bonds is 5. The molecule has 100 valence electrons. The van der Waals surface area contributed by atoms with Crippen LogP contribution in [0, 0.1) is 0 Å². The minimum absolute atomic E-state index is 0.127. The summed E-state index contributed by atoms with van der Waals surface area (Å²) >= 11 is 7.98. The van der Waals surface area contributed by atoms with E-state index in [1.165, 1.54) is 11.8 Å². The van der Waals surface area contributed by atoms with Crippen molar-refractivity contribution in [1.82, 2.24) is 0 Å². The number of amides is 1. The molecule has 2 N–H and O–H groups in total. The fourth-order valence-corrected chi connectivity index (χ4v) is 2.68. The van der Waals surface area contributed by atoms with Gasteiger partial charge in [0.25, 0.3) is 0 Å². The highest BCUT2D eigenvalue weighted by Gasteiger charge is 2.06. The maximum absolute atomic E-state index is 11.1. The Bertz CT molecular complexity index is 555. The number of thiophene rings is 1. The van der Waals surface area contributed by atoms with Crippen molar-refractivity contribution in [3.05, 3.63) is 45.6 Å². The molecule has 0 saturated carbocycles. The van der Waals surface area contributed by atoms with Crippen LogP contribution in [0.15, 0.2) is 35.7 Å². The van der Waals surface area contributed by atoms with E-state index in [9.17, 15) is 4.79 Å². The van der Waals surface area contributed by atoms with Gasteiger partial charge in [0, 0.05) is 18.3 Å². The van der Waals surface area contributed by atoms with E-state index >= 15 is 0 Å². The van der Waals surface area contributed by atoms with E-state index in [1.54, 1.807) is 17.4 Å². The van der Waals surface area contributed by atoms with Crippen molar-refractivity contribution in [1.29, 1.82) is 0 Å². The van der Waals surface area contributed by atoms with Gasteiger partial charge in [-0.1, -0.05) is 23.7 Å². The van der Waals surface area contributed by atoms with E-state index in [4.69, 9.17) is 11.6 Å². The van der Waals surface area contributed by atoms with Crippen LogP contribution in [0.4, 0.5) is 11.4 Å². The van der Waals surface area contributed by atoms with Gasteiger partial charge in [0.15, 0.2) is 0 Å². The number of anilines is 2. The van der Waals surface area contributed by atoms with Crippen LogP contribution in [-0.4, -0.2) is 12.5 Å². The van der Waals surface area contributed by atoms with Gasteiger partial charge in [0.1, 0.15) is 0 Å². The predicted molar refractivity (Wildman–Crippen MR) is 82.3 cm³/mol. The first-order valence-electron chi connectivity index (χ1n) is 5.99. The molecule has 1 aromatic heterocycles. The number of nitrogens with one attached hydrogen (secondary N) is 2. The minimum atomic E-state index is -0.127. The van der Waals surface area contributed by atoms with Crippen molar-refractivity contribution >= 4 is 40.2 Å². The van der Waals surface area contributed by atoms with Crippen LogP contribution in [0.1, 0.15) is 11.8 Å². The standard InChI is InChI=1S/C14H15ClN2OS/c1-10(18)17-13-6-2-5-12(14(13)15)16-8-7-11-4-3-9-19-11/h2-6,9,16H,7-8H2,1H3,(H,17,18). The summed E-state index contributed by atoms with van der Waals surface area (Å²) in [5, 5.41) is 8.61. The highest BCUT2D eigenvalue weighted by molar-refractivity contribution is 7.09. The fraction of sp³-hybridized carbons (Fsp3) is 0.214. The Morgan fingerprint density at radius 2 is 2.05 bits per heavy atom. The summed E-state index contributed by atoms with van der Waals surface area (Å²) in [6, 6.07) is 9.72. The first kappa shape index (κ1) is 13.9. The van der Waals surface area contributed by atoms with Crippen molar-refractivity contribution in [3.8, 4) is 0 Å². The van der Waals surface area contributed by atoms with Gasteiger partial charge in [-0.2, -0.15) is 0 Å². The molecule has 1 heterocycles. The summed E-state index contributed by atoms with van der Waals surface area (Å²) in [6.07, 6.45) is 0.957. The third-order valence-electron chi connectivity index (χ3n) is 2.58. The van der Waals surface area contributed by atoms with Crippen molar-refractivity contribution in [2.24, 2.45) is 0 Å². The molecule has 0 unspecified atom stereocenters. The maximum Gasteiger partial charge on any atom is 0.221 e. The molecule has 19 heavy (non-hydrogen) atoms. The third-order valence-corrected chi connectivity index (χ3v) is 3.92. The molecular formula is C14H15ClN2OS. The van der Waals surface area contributed by atoms with Gasteiger partial charge in [0.2, 0.25) is 5.91 Å². The average molecular weight is 295 g/mol. The molecule has 2 aromatic rings. The number of halogens is 1. The molecule has 0 atom stereocenters. The van der Waals surface area contributed by atoms with Crippen LogP contribution in [0.2, 0.25) is 5.02 Å². The molecule has 5 heteroatoms. The zero-order valence-electron chi connectivity index (χ0n) is 10.6. The van der Waals surface area contributed by atoms with Gasteiger partial charge in [-0.25, -0.2) is 0 Å². The quantitative estimate of drug-likeness (QED) is 0.874. The van der Waals surface area contributed by atoms with E-state index in [2.05, 4.69) is 22.1 Å². The lowest BCUT2D eigenvalue weighted by atomic mass is 10.2. The van der Waals surface area contributed by atoms with E-state index in [0.717, 1.165) is 18.7 Å². The minimum Gasteiger partial charge on any atom is -0.383 e. The van der Waals surface area contributed by atoms with Gasteiger partial charge in [-0.3, -0.25) is 4.79 Å². The normalized spacial score (nSPS) is 10.2. The van der Waals surface area contributed by atoms with Crippen LogP contribution < -0.4 is 10.6 Å². The zero-order chi connectivity index (χ0) is 13.7. The van der Waals surface area contributed by atoms with Crippen molar-refractivity contribution in [2.45, 2.75) is 13.3 Å². The number of benzene rings is 1. The van der Waals surface area contributed by atoms with Gasteiger partial charge < -0.3 is 10.6 Å². The lowest BCUT2D eigenvalue weighted by Crippen LogP contribution is -2.08. The molecule has 0 aliphatic carbocycles. The van der Waals surface area contributed by atoms with Gasteiger partial charge in [-0.05, 0) is 30.0 Å². The molecular weight excluding hydrogens is 280 g/mol. The Kier molecular flexibility index (Phi) is 4.82. The van der Waals surface area contributed by atoms with E-state index in [-0.39, 0.29) is 5.91 Å². The SMILES string of the molecule is CC(=O)Nc1cccc(NCCc2cccs2)c1Cl. The number of carbonyl (C=O) groups excluding carboxylic acids is 1. The van der Waals surface area contributed by atoms with Gasteiger partial charge in [0.05, 0.1) is 16.4 Å². The first-order valence-corrected chi connectivity index (χ1v) is 7.25. The summed E-state index contributed by atoms with van der Waals surface area (Å²) in [6.45, 7) is 2.27. The van der Waals surface area contributed by atoms with Crippen molar-refractivity contribution in [2.75, 3.05) is 17.2 Å². The average Bonchev–Trinajstić information content (AvgIpc) is 2.86. The van der Waals surface area contributed by atoms with Crippen LogP contribution in [0.25, 0.3) is 0 Å². The molecule has 1 amide bonds. The number of hydrogen-bond donors (Lipinski definition) is 2. The Labute approximate surface area is 121 Å². The molecule has 1 aromatic carbocycles. The molecule has 2 rings (SSSR count). The summed E-state index contributed by atoms with van der Waals surface area (Å²) in [5.74, 6) is -0.127. The second-order valence-electron chi connectivity index (χ2n) is 4.10. The molecule has 0 aliphatic heterocycles. The van der Waals surface area contributed by atoms with Crippen molar-refractivity contribution < 1.29 is 4.79 Å². The highest BCUT2D eigenvalue weighted by Crippen LogP contribution is 2.30. The van der Waals surface area contributed by atoms with Crippen LogP contribution >= 0.6 is 22.9 Å². The second-order valence-corrected chi connectivity index (χ2v) is 5.51. The zero-order valence-corrected chi connectivity index (χ0v) is 12.1. The van der Waals surface area contributed by atoms with Crippen LogP contribution in [0.3, 0.4) is 0 Å². The Morgan fingerprint density at radius 1 is 1.26 bits per heavy atom. The fourth-order valence-electron chi connectivity index (χ4n) is 1.73. The molecule has 0 aliphatic rings. The van der Waals surface area contributed by atoms with Gasteiger partial charge >= 0.3 is 0 Å². The Balaban J connectivity index is 1.98. The lowest BCUT2D eigenvalue weighted by Gasteiger charge is -2.11. The first-order chi connectivity index (χ1) is 9.16. The molecule has 0 saturated heterocycles. The van der Waals surface area contributed by atoms with Gasteiger partial charge in [-0.15, -0.1) is 11.3 Å². The molecule has 0 fully saturated rings. The smallest absolute Gasteiger partial charge is 0.221 e. The summed E-state index contributed by atoms with van der Waals surface area (Å²) in [5.41, 5.74) is 1.47. The molecule has 0 radical (unpaired) electrons. The second kappa shape index (κ2) is 6.59. The van der Waals surface area contributed by atoms with E-state index < -0.39 is 0 Å². The molecule has 0 bridgehead atoms. The third kappa shape index (κ3) is 3.98. The summed E-state index contributed by atoms with van der Waals surface area (Å²) in [4.78, 5) is 12.4. The van der Waals surface area contributed by atoms with Crippen LogP contribution in [-0.2, 0) is 11.2 Å². The largest absolute Gasteiger partial charge is 0.383 e. The van der Waals surface area contributed by atoms with Crippen LogP contribution in [0.5, 0.6) is 0 Å². The summed E-state index contributed by atoms with van der Waals surface area (Å²) in [7, 11) is 0. The predicted octanol–water partition coefficient (Wildman–Crippen LogP) is 4.01. The topological polar surface area (TPSA) is 41.1 Å². The highest BCUT2D eigenvalue weighted by atomic mass is 35.5. The van der Waals surface area contributed by atoms with E-state index in [1.807, 2.05) is 18.2 Å². The lowest BCUT2D eigenvalue weighted by molar-refractivity contribution is -0.114. The molecule has 3 nitrogen and oxygen atoms in total.